The Hall–Kier alpha value is -2.66. The van der Waals surface area contributed by atoms with Crippen LogP contribution in [0.5, 0.6) is 0 Å². The van der Waals surface area contributed by atoms with E-state index in [2.05, 4.69) is 5.32 Å². The van der Waals surface area contributed by atoms with Gasteiger partial charge in [-0.15, -0.1) is 0 Å². The van der Waals surface area contributed by atoms with Crippen molar-refractivity contribution in [1.82, 2.24) is 5.32 Å². The van der Waals surface area contributed by atoms with Crippen LogP contribution in [0.3, 0.4) is 0 Å². The maximum Gasteiger partial charge on any atom is 0.338 e. The number of aliphatic hydroxyl groups excluding tert-OH is 1. The molecule has 0 aromatic heterocycles. The Balaban J connectivity index is 1.95. The zero-order chi connectivity index (χ0) is 17.5. The van der Waals surface area contributed by atoms with Crippen molar-refractivity contribution in [2.24, 2.45) is 0 Å². The van der Waals surface area contributed by atoms with Crippen molar-refractivity contribution in [2.75, 3.05) is 13.2 Å². The smallest absolute Gasteiger partial charge is 0.338 e. The number of nitrogens with one attached hydrogen (secondary N) is 1. The van der Waals surface area contributed by atoms with E-state index in [-0.39, 0.29) is 19.1 Å². The summed E-state index contributed by atoms with van der Waals surface area (Å²) in [6.45, 7) is 3.24. The van der Waals surface area contributed by atoms with E-state index in [1.807, 2.05) is 38.1 Å². The molecule has 2 N–H and O–H groups in total. The minimum atomic E-state index is -0.662. The summed E-state index contributed by atoms with van der Waals surface area (Å²) in [5, 5.41) is 12.1. The van der Waals surface area contributed by atoms with Gasteiger partial charge in [-0.25, -0.2) is 4.79 Å². The van der Waals surface area contributed by atoms with E-state index >= 15 is 0 Å². The summed E-state index contributed by atoms with van der Waals surface area (Å²) in [5.74, 6) is -0.782. The fourth-order valence-corrected chi connectivity index (χ4v) is 2.29. The van der Waals surface area contributed by atoms with E-state index in [4.69, 9.17) is 4.74 Å². The molecule has 0 heterocycles. The molecule has 1 atom stereocenters. The fourth-order valence-electron chi connectivity index (χ4n) is 2.29. The molecule has 5 heteroatoms. The Morgan fingerprint density at radius 3 is 2.08 bits per heavy atom. The zero-order valence-electron chi connectivity index (χ0n) is 13.8. The Morgan fingerprint density at radius 2 is 1.54 bits per heavy atom. The quantitative estimate of drug-likeness (QED) is 0.798. The Bertz CT molecular complexity index is 727. The molecule has 0 aliphatic carbocycles. The highest BCUT2D eigenvalue weighted by molar-refractivity contribution is 5.95. The zero-order valence-corrected chi connectivity index (χ0v) is 13.8. The molecule has 0 spiro atoms. The molecule has 0 fully saturated rings. The lowest BCUT2D eigenvalue weighted by Gasteiger charge is -2.17. The predicted molar refractivity (Wildman–Crippen MR) is 91.0 cm³/mol. The van der Waals surface area contributed by atoms with Crippen molar-refractivity contribution in [3.8, 4) is 0 Å². The van der Waals surface area contributed by atoms with Crippen LogP contribution in [0.1, 0.15) is 31.8 Å². The SMILES string of the molecule is Cc1ccccc1C(=O)NC(CO)COC(=O)c1ccccc1C. The molecule has 0 saturated heterocycles. The number of rotatable bonds is 6. The van der Waals surface area contributed by atoms with Gasteiger partial charge in [0.25, 0.3) is 5.91 Å². The van der Waals surface area contributed by atoms with Crippen LogP contribution in [-0.2, 0) is 4.74 Å². The number of esters is 1. The second kappa shape index (κ2) is 8.26. The molecule has 24 heavy (non-hydrogen) atoms. The van der Waals surface area contributed by atoms with Crippen molar-refractivity contribution >= 4 is 11.9 Å². The first-order valence-corrected chi connectivity index (χ1v) is 7.73. The van der Waals surface area contributed by atoms with Gasteiger partial charge in [-0.2, -0.15) is 0 Å². The van der Waals surface area contributed by atoms with E-state index in [0.29, 0.717) is 11.1 Å². The van der Waals surface area contributed by atoms with Crippen molar-refractivity contribution in [3.05, 3.63) is 70.8 Å². The lowest BCUT2D eigenvalue weighted by atomic mass is 10.1. The Morgan fingerprint density at radius 1 is 1.00 bits per heavy atom. The van der Waals surface area contributed by atoms with Crippen LogP contribution < -0.4 is 5.32 Å². The summed E-state index contributed by atoms with van der Waals surface area (Å²) in [4.78, 5) is 24.3. The maximum absolute atomic E-state index is 12.2. The number of hydrogen-bond acceptors (Lipinski definition) is 4. The number of hydrogen-bond donors (Lipinski definition) is 2. The highest BCUT2D eigenvalue weighted by atomic mass is 16.5. The molecule has 1 unspecified atom stereocenters. The van der Waals surface area contributed by atoms with Gasteiger partial charge in [0.15, 0.2) is 0 Å². The van der Waals surface area contributed by atoms with Gasteiger partial charge in [0, 0.05) is 5.56 Å². The van der Waals surface area contributed by atoms with Gasteiger partial charge >= 0.3 is 5.97 Å². The lowest BCUT2D eigenvalue weighted by molar-refractivity contribution is 0.0418. The number of aliphatic hydroxyl groups is 1. The largest absolute Gasteiger partial charge is 0.460 e. The average Bonchev–Trinajstić information content (AvgIpc) is 2.58. The molecule has 5 nitrogen and oxygen atoms in total. The third-order valence-corrected chi connectivity index (χ3v) is 3.73. The summed E-state index contributed by atoms with van der Waals surface area (Å²) in [7, 11) is 0. The number of amides is 1. The van der Waals surface area contributed by atoms with Gasteiger partial charge in [0.2, 0.25) is 0 Å². The average molecular weight is 327 g/mol. The Kier molecular flexibility index (Phi) is 6.09. The van der Waals surface area contributed by atoms with Crippen molar-refractivity contribution in [2.45, 2.75) is 19.9 Å². The molecular formula is C19H21NO4. The highest BCUT2D eigenvalue weighted by Crippen LogP contribution is 2.09. The number of carbonyl (C=O) groups excluding carboxylic acids is 2. The van der Waals surface area contributed by atoms with Gasteiger partial charge < -0.3 is 15.2 Å². The van der Waals surface area contributed by atoms with Gasteiger partial charge in [0.05, 0.1) is 18.2 Å². The van der Waals surface area contributed by atoms with E-state index < -0.39 is 12.0 Å². The minimum Gasteiger partial charge on any atom is -0.460 e. The van der Waals surface area contributed by atoms with Gasteiger partial charge in [-0.3, -0.25) is 4.79 Å². The van der Waals surface area contributed by atoms with Crippen LogP contribution >= 0.6 is 0 Å². The first-order valence-electron chi connectivity index (χ1n) is 7.73. The summed E-state index contributed by atoms with van der Waals surface area (Å²) < 4.78 is 5.22. The van der Waals surface area contributed by atoms with Crippen molar-refractivity contribution in [3.63, 3.8) is 0 Å². The van der Waals surface area contributed by atoms with Crippen LogP contribution in [0.2, 0.25) is 0 Å². The molecule has 2 aromatic rings. The first kappa shape index (κ1) is 17.7. The molecule has 2 rings (SSSR count). The topological polar surface area (TPSA) is 75.6 Å². The predicted octanol–water partition coefficient (Wildman–Crippen LogP) is 2.25. The molecule has 0 aliphatic rings. The van der Waals surface area contributed by atoms with Gasteiger partial charge in [-0.05, 0) is 37.1 Å². The number of aryl methyl sites for hydroxylation is 2. The van der Waals surface area contributed by atoms with Gasteiger partial charge in [0.1, 0.15) is 6.61 Å². The first-order chi connectivity index (χ1) is 11.5. The normalized spacial score (nSPS) is 11.6. The van der Waals surface area contributed by atoms with Gasteiger partial charge in [-0.1, -0.05) is 36.4 Å². The monoisotopic (exact) mass is 327 g/mol. The third kappa shape index (κ3) is 4.43. The molecular weight excluding hydrogens is 306 g/mol. The second-order valence-electron chi connectivity index (χ2n) is 5.58. The minimum absolute atomic E-state index is 0.0959. The molecule has 0 saturated carbocycles. The third-order valence-electron chi connectivity index (χ3n) is 3.73. The standard InChI is InChI=1S/C19H21NO4/c1-13-7-3-5-9-16(13)18(22)20-15(11-21)12-24-19(23)17-10-6-4-8-14(17)2/h3-10,15,21H,11-12H2,1-2H3,(H,20,22). The second-order valence-corrected chi connectivity index (χ2v) is 5.58. The van der Waals surface area contributed by atoms with Crippen LogP contribution in [0.15, 0.2) is 48.5 Å². The molecule has 1 amide bonds. The molecule has 0 radical (unpaired) electrons. The van der Waals surface area contributed by atoms with Crippen LogP contribution in [0, 0.1) is 13.8 Å². The fraction of sp³-hybridized carbons (Fsp3) is 0.263. The van der Waals surface area contributed by atoms with E-state index in [1.54, 1.807) is 24.3 Å². The van der Waals surface area contributed by atoms with E-state index in [0.717, 1.165) is 11.1 Å². The number of benzene rings is 2. The molecule has 126 valence electrons. The van der Waals surface area contributed by atoms with E-state index in [9.17, 15) is 14.7 Å². The van der Waals surface area contributed by atoms with Crippen LogP contribution in [0.25, 0.3) is 0 Å². The number of carbonyl (C=O) groups is 2. The summed E-state index contributed by atoms with van der Waals surface area (Å²) in [6, 6.07) is 13.6. The molecule has 0 aliphatic heterocycles. The summed E-state index contributed by atoms with van der Waals surface area (Å²) in [5.41, 5.74) is 2.65. The summed E-state index contributed by atoms with van der Waals surface area (Å²) in [6.07, 6.45) is 0. The number of ether oxygens (including phenoxy) is 1. The molecule has 0 bridgehead atoms. The highest BCUT2D eigenvalue weighted by Gasteiger charge is 2.17. The van der Waals surface area contributed by atoms with Crippen molar-refractivity contribution in [1.29, 1.82) is 0 Å². The summed E-state index contributed by atoms with van der Waals surface area (Å²) >= 11 is 0. The van der Waals surface area contributed by atoms with Crippen LogP contribution in [-0.4, -0.2) is 36.2 Å². The Labute approximate surface area is 141 Å². The lowest BCUT2D eigenvalue weighted by Crippen LogP contribution is -2.41. The van der Waals surface area contributed by atoms with Crippen LogP contribution in [0.4, 0.5) is 0 Å². The van der Waals surface area contributed by atoms with E-state index in [1.165, 1.54) is 0 Å². The molecule has 2 aromatic carbocycles. The maximum atomic E-state index is 12.2. The van der Waals surface area contributed by atoms with Crippen molar-refractivity contribution < 1.29 is 19.4 Å².